The highest BCUT2D eigenvalue weighted by molar-refractivity contribution is 7.89. The molecule has 0 aliphatic rings. The normalized spacial score (nSPS) is 13.8. The van der Waals surface area contributed by atoms with Gasteiger partial charge in [0, 0.05) is 17.3 Å². The molecule has 2 heterocycles. The molecule has 0 aliphatic heterocycles. The summed E-state index contributed by atoms with van der Waals surface area (Å²) in [6.45, 7) is 3.59. The van der Waals surface area contributed by atoms with Crippen molar-refractivity contribution in [2.75, 3.05) is 0 Å². The Morgan fingerprint density at radius 3 is 2.64 bits per heavy atom. The third-order valence-corrected chi connectivity index (χ3v) is 5.74. The summed E-state index contributed by atoms with van der Waals surface area (Å²) >= 11 is 0. The van der Waals surface area contributed by atoms with Crippen LogP contribution in [0.4, 0.5) is 13.2 Å². The summed E-state index contributed by atoms with van der Waals surface area (Å²) < 4.78 is 68.7. The standard InChI is InChI=1S/C17H18F3N4O3S/c1-3-24-15-9-12(17(18,19)20)6-7-14(15)21-16(24)11(2)22-28(26,27)13-5-4-8-23(25)10-13/h4-11,22,25H,3H2,1-2H3/q+1/t11-/m1/s1. The lowest BCUT2D eigenvalue weighted by molar-refractivity contribution is -0.906. The molecule has 28 heavy (non-hydrogen) atoms. The first kappa shape index (κ1) is 20.1. The van der Waals surface area contributed by atoms with Crippen LogP contribution in [0.1, 0.15) is 31.3 Å². The van der Waals surface area contributed by atoms with Gasteiger partial charge in [0.25, 0.3) is 0 Å². The van der Waals surface area contributed by atoms with Crippen LogP contribution in [0.15, 0.2) is 47.6 Å². The van der Waals surface area contributed by atoms with E-state index in [-0.39, 0.29) is 16.2 Å². The smallest absolute Gasteiger partial charge is 0.327 e. The number of aromatic nitrogens is 3. The molecule has 2 aromatic heterocycles. The highest BCUT2D eigenvalue weighted by Gasteiger charge is 2.31. The van der Waals surface area contributed by atoms with Crippen LogP contribution in [-0.2, 0) is 22.7 Å². The molecule has 0 amide bonds. The summed E-state index contributed by atoms with van der Waals surface area (Å²) in [5, 5.41) is 9.41. The van der Waals surface area contributed by atoms with Crippen LogP contribution in [0, 0.1) is 0 Å². The summed E-state index contributed by atoms with van der Waals surface area (Å²) in [6.07, 6.45) is -2.21. The van der Waals surface area contributed by atoms with Gasteiger partial charge in [0.05, 0.1) is 22.6 Å². The number of hydrogen-bond acceptors (Lipinski definition) is 4. The Kier molecular flexibility index (Phi) is 5.06. The van der Waals surface area contributed by atoms with Crippen LogP contribution in [0.2, 0.25) is 0 Å². The lowest BCUT2D eigenvalue weighted by atomic mass is 10.2. The SMILES string of the molecule is CCn1c([C@@H](C)NS(=O)(=O)c2ccc[n+](O)c2)nc2ccc(C(F)(F)F)cc21. The van der Waals surface area contributed by atoms with Gasteiger partial charge in [-0.1, -0.05) is 0 Å². The fourth-order valence-electron chi connectivity index (χ4n) is 2.94. The van der Waals surface area contributed by atoms with E-state index in [1.165, 1.54) is 29.0 Å². The van der Waals surface area contributed by atoms with E-state index in [0.29, 0.717) is 16.8 Å². The number of benzene rings is 1. The molecular weight excluding hydrogens is 397 g/mol. The van der Waals surface area contributed by atoms with Gasteiger partial charge in [-0.05, 0) is 38.1 Å². The molecule has 0 fully saturated rings. The lowest BCUT2D eigenvalue weighted by Gasteiger charge is -2.15. The maximum Gasteiger partial charge on any atom is 0.416 e. The van der Waals surface area contributed by atoms with Crippen molar-refractivity contribution in [1.82, 2.24) is 14.3 Å². The van der Waals surface area contributed by atoms with Gasteiger partial charge >= 0.3 is 6.18 Å². The molecule has 7 nitrogen and oxygen atoms in total. The fraction of sp³-hybridized carbons (Fsp3) is 0.294. The minimum Gasteiger partial charge on any atom is -0.327 e. The average Bonchev–Trinajstić information content (AvgIpc) is 2.98. The summed E-state index contributed by atoms with van der Waals surface area (Å²) in [7, 11) is -3.99. The van der Waals surface area contributed by atoms with E-state index >= 15 is 0 Å². The van der Waals surface area contributed by atoms with Gasteiger partial charge in [-0.2, -0.15) is 13.2 Å². The van der Waals surface area contributed by atoms with Crippen molar-refractivity contribution in [3.63, 3.8) is 0 Å². The molecule has 1 atom stereocenters. The van der Waals surface area contributed by atoms with Gasteiger partial charge in [0.15, 0.2) is 4.90 Å². The van der Waals surface area contributed by atoms with Gasteiger partial charge < -0.3 is 4.57 Å². The molecule has 0 spiro atoms. The van der Waals surface area contributed by atoms with Crippen LogP contribution in [0.5, 0.6) is 0 Å². The number of halogens is 3. The molecule has 150 valence electrons. The third kappa shape index (κ3) is 3.80. The van der Waals surface area contributed by atoms with Crippen molar-refractivity contribution < 1.29 is 31.5 Å². The highest BCUT2D eigenvalue weighted by atomic mass is 32.2. The van der Waals surface area contributed by atoms with E-state index in [1.807, 2.05) is 0 Å². The van der Waals surface area contributed by atoms with Gasteiger partial charge in [-0.25, -0.2) is 18.1 Å². The molecule has 1 aromatic carbocycles. The summed E-state index contributed by atoms with van der Waals surface area (Å²) in [6, 6.07) is 5.06. The fourth-order valence-corrected chi connectivity index (χ4v) is 4.15. The number of nitrogens with zero attached hydrogens (tertiary/aromatic N) is 3. The Morgan fingerprint density at radius 2 is 2.04 bits per heavy atom. The van der Waals surface area contributed by atoms with Crippen LogP contribution in [0.25, 0.3) is 11.0 Å². The zero-order valence-corrected chi connectivity index (χ0v) is 15.8. The molecule has 11 heteroatoms. The Morgan fingerprint density at radius 1 is 1.32 bits per heavy atom. The maximum atomic E-state index is 13.0. The largest absolute Gasteiger partial charge is 0.416 e. The van der Waals surface area contributed by atoms with E-state index in [2.05, 4.69) is 9.71 Å². The van der Waals surface area contributed by atoms with Crippen LogP contribution in [0.3, 0.4) is 0 Å². The van der Waals surface area contributed by atoms with E-state index in [0.717, 1.165) is 18.3 Å². The molecule has 3 aromatic rings. The topological polar surface area (TPSA) is 88.1 Å². The van der Waals surface area contributed by atoms with Crippen LogP contribution < -0.4 is 9.45 Å². The molecule has 0 unspecified atom stereocenters. The molecule has 2 N–H and O–H groups in total. The van der Waals surface area contributed by atoms with Gasteiger partial charge in [-0.3, -0.25) is 5.21 Å². The zero-order chi connectivity index (χ0) is 20.7. The maximum absolute atomic E-state index is 13.0. The number of aryl methyl sites for hydroxylation is 1. The van der Waals surface area contributed by atoms with Crippen molar-refractivity contribution in [2.24, 2.45) is 0 Å². The second-order valence-corrected chi connectivity index (χ2v) is 7.89. The molecule has 3 rings (SSSR count). The first-order chi connectivity index (χ1) is 13.0. The summed E-state index contributed by atoms with van der Waals surface area (Å²) in [5.74, 6) is 0.285. The number of fused-ring (bicyclic) bond motifs is 1. The Balaban J connectivity index is 2.00. The molecular formula is C17H18F3N4O3S+. The average molecular weight is 415 g/mol. The van der Waals surface area contributed by atoms with Crippen molar-refractivity contribution >= 4 is 21.1 Å². The minimum atomic E-state index is -4.49. The van der Waals surface area contributed by atoms with Crippen LogP contribution in [-0.4, -0.2) is 23.2 Å². The second-order valence-electron chi connectivity index (χ2n) is 6.18. The van der Waals surface area contributed by atoms with Gasteiger partial charge in [0.2, 0.25) is 22.4 Å². The van der Waals surface area contributed by atoms with Crippen molar-refractivity contribution in [1.29, 1.82) is 0 Å². The molecule has 0 radical (unpaired) electrons. The highest BCUT2D eigenvalue weighted by Crippen LogP contribution is 2.32. The number of alkyl halides is 3. The quantitative estimate of drug-likeness (QED) is 0.495. The first-order valence-corrected chi connectivity index (χ1v) is 9.81. The lowest BCUT2D eigenvalue weighted by Crippen LogP contribution is -2.33. The van der Waals surface area contributed by atoms with Gasteiger partial charge in [0.1, 0.15) is 5.82 Å². The summed E-state index contributed by atoms with van der Waals surface area (Å²) in [5.41, 5.74) is -0.193. The van der Waals surface area contributed by atoms with Crippen molar-refractivity contribution in [3.05, 3.63) is 54.1 Å². The van der Waals surface area contributed by atoms with E-state index in [9.17, 15) is 26.8 Å². The predicted octanol–water partition coefficient (Wildman–Crippen LogP) is 2.64. The predicted molar refractivity (Wildman–Crippen MR) is 93.0 cm³/mol. The number of hydrogen-bond donors (Lipinski definition) is 2. The molecule has 0 bridgehead atoms. The van der Waals surface area contributed by atoms with E-state index < -0.39 is 27.8 Å². The minimum absolute atomic E-state index is 0.164. The summed E-state index contributed by atoms with van der Waals surface area (Å²) in [4.78, 5) is 4.15. The second kappa shape index (κ2) is 7.06. The Bertz CT molecular complexity index is 1130. The van der Waals surface area contributed by atoms with Gasteiger partial charge in [-0.15, -0.1) is 0 Å². The molecule has 0 saturated carbocycles. The first-order valence-electron chi connectivity index (χ1n) is 8.33. The number of imidazole rings is 1. The van der Waals surface area contributed by atoms with E-state index in [1.54, 1.807) is 13.8 Å². The zero-order valence-electron chi connectivity index (χ0n) is 15.0. The number of nitrogens with one attached hydrogen (secondary N) is 1. The molecule has 0 aliphatic carbocycles. The third-order valence-electron chi connectivity index (χ3n) is 4.21. The van der Waals surface area contributed by atoms with E-state index in [4.69, 9.17) is 0 Å². The van der Waals surface area contributed by atoms with Crippen LogP contribution >= 0.6 is 0 Å². The Labute approximate surface area is 159 Å². The number of rotatable bonds is 5. The van der Waals surface area contributed by atoms with Crippen molar-refractivity contribution in [3.8, 4) is 0 Å². The Hall–Kier alpha value is -2.66. The van der Waals surface area contributed by atoms with Crippen molar-refractivity contribution in [2.45, 2.75) is 37.5 Å². The number of sulfonamides is 1. The molecule has 0 saturated heterocycles. The number of pyridine rings is 1. The monoisotopic (exact) mass is 415 g/mol.